The summed E-state index contributed by atoms with van der Waals surface area (Å²) in [5, 5.41) is 0. The first-order valence-corrected chi connectivity index (χ1v) is 10.9. The highest BCUT2D eigenvalue weighted by atomic mass is 79.9. The summed E-state index contributed by atoms with van der Waals surface area (Å²) in [4.78, 5) is 26.5. The van der Waals surface area contributed by atoms with E-state index in [0.717, 1.165) is 4.90 Å². The normalized spacial score (nSPS) is 22.5. The fourth-order valence-electron chi connectivity index (χ4n) is 3.03. The first kappa shape index (κ1) is 20.5. The molecule has 28 heavy (non-hydrogen) atoms. The Morgan fingerprint density at radius 2 is 1.54 bits per heavy atom. The van der Waals surface area contributed by atoms with Crippen molar-refractivity contribution in [3.63, 3.8) is 0 Å². The van der Waals surface area contributed by atoms with Gasteiger partial charge in [-0.25, -0.2) is 18.1 Å². The van der Waals surface area contributed by atoms with Gasteiger partial charge in [-0.1, -0.05) is 64.5 Å². The monoisotopic (exact) mass is 465 g/mol. The molecule has 0 spiro atoms. The SMILES string of the molecule is CC(C)(C)OC(=O)N1C(=O)[C@@](Br)(S(=O)(=O)c2ccccc2)[C@@H]1c1ccccc1. The Labute approximate surface area is 172 Å². The Hall–Kier alpha value is -2.19. The summed E-state index contributed by atoms with van der Waals surface area (Å²) in [6.07, 6.45) is -0.885. The van der Waals surface area contributed by atoms with Gasteiger partial charge in [0.1, 0.15) is 11.6 Å². The number of alkyl halides is 1. The van der Waals surface area contributed by atoms with E-state index in [-0.39, 0.29) is 4.90 Å². The second-order valence-electron chi connectivity index (χ2n) is 7.43. The Morgan fingerprint density at radius 3 is 2.04 bits per heavy atom. The third-order valence-electron chi connectivity index (χ3n) is 4.27. The Kier molecular flexibility index (Phi) is 5.14. The molecular weight excluding hydrogens is 446 g/mol. The number of rotatable bonds is 3. The minimum absolute atomic E-state index is 0.00926. The summed E-state index contributed by atoms with van der Waals surface area (Å²) in [7, 11) is -4.14. The number of sulfone groups is 1. The molecule has 0 bridgehead atoms. The van der Waals surface area contributed by atoms with Crippen LogP contribution >= 0.6 is 15.9 Å². The summed E-state index contributed by atoms with van der Waals surface area (Å²) in [5.41, 5.74) is -0.328. The molecule has 6 nitrogen and oxygen atoms in total. The molecule has 1 fully saturated rings. The van der Waals surface area contributed by atoms with Crippen LogP contribution in [0.15, 0.2) is 65.6 Å². The van der Waals surface area contributed by atoms with Gasteiger partial charge in [0.25, 0.3) is 5.91 Å². The third kappa shape index (κ3) is 3.24. The maximum absolute atomic E-state index is 13.3. The fourth-order valence-corrected chi connectivity index (χ4v) is 5.97. The molecule has 1 aliphatic rings. The lowest BCUT2D eigenvalue weighted by atomic mass is 9.93. The van der Waals surface area contributed by atoms with Crippen molar-refractivity contribution < 1.29 is 22.7 Å². The van der Waals surface area contributed by atoms with E-state index in [1.165, 1.54) is 12.1 Å². The van der Waals surface area contributed by atoms with Crippen LogP contribution < -0.4 is 0 Å². The highest BCUT2D eigenvalue weighted by molar-refractivity contribution is 9.12. The number of nitrogens with zero attached hydrogens (tertiary/aromatic N) is 1. The average Bonchev–Trinajstić information content (AvgIpc) is 2.64. The average molecular weight is 466 g/mol. The van der Waals surface area contributed by atoms with Crippen molar-refractivity contribution in [1.29, 1.82) is 0 Å². The van der Waals surface area contributed by atoms with Crippen LogP contribution in [0.2, 0.25) is 0 Å². The molecule has 8 heteroatoms. The van der Waals surface area contributed by atoms with Crippen LogP contribution in [-0.2, 0) is 19.4 Å². The predicted octanol–water partition coefficient (Wildman–Crippen LogP) is 4.07. The lowest BCUT2D eigenvalue weighted by molar-refractivity contribution is -0.145. The smallest absolute Gasteiger partial charge is 0.417 e. The topological polar surface area (TPSA) is 80.8 Å². The van der Waals surface area contributed by atoms with E-state index in [4.69, 9.17) is 4.74 Å². The zero-order valence-corrected chi connectivity index (χ0v) is 18.0. The van der Waals surface area contributed by atoms with E-state index in [9.17, 15) is 18.0 Å². The second-order valence-corrected chi connectivity index (χ2v) is 11.3. The summed E-state index contributed by atoms with van der Waals surface area (Å²) in [6.45, 7) is 5.03. The molecule has 0 aliphatic carbocycles. The molecule has 3 rings (SSSR count). The van der Waals surface area contributed by atoms with E-state index in [1.807, 2.05) is 0 Å². The van der Waals surface area contributed by atoms with Crippen molar-refractivity contribution in [2.75, 3.05) is 0 Å². The Morgan fingerprint density at radius 1 is 1.04 bits per heavy atom. The minimum Gasteiger partial charge on any atom is -0.443 e. The van der Waals surface area contributed by atoms with Gasteiger partial charge in [0.2, 0.25) is 13.5 Å². The number of carbonyl (C=O) groups excluding carboxylic acids is 2. The van der Waals surface area contributed by atoms with Gasteiger partial charge in [0, 0.05) is 0 Å². The van der Waals surface area contributed by atoms with E-state index >= 15 is 0 Å². The molecule has 1 saturated heterocycles. The lowest BCUT2D eigenvalue weighted by Gasteiger charge is -2.50. The maximum atomic E-state index is 13.3. The van der Waals surface area contributed by atoms with E-state index in [0.29, 0.717) is 5.56 Å². The van der Waals surface area contributed by atoms with Gasteiger partial charge in [0.05, 0.1) is 4.90 Å². The molecule has 0 N–H and O–H groups in total. The number of β-lactam (4-membered cyclic amide) rings is 1. The molecule has 0 unspecified atom stereocenters. The number of benzene rings is 2. The highest BCUT2D eigenvalue weighted by Gasteiger charge is 2.70. The van der Waals surface area contributed by atoms with Crippen LogP contribution in [0.1, 0.15) is 32.4 Å². The van der Waals surface area contributed by atoms with Gasteiger partial charge in [-0.2, -0.15) is 0 Å². The molecular formula is C20H20BrNO5S. The number of hydrogen-bond donors (Lipinski definition) is 0. The fraction of sp³-hybridized carbons (Fsp3) is 0.300. The number of hydrogen-bond acceptors (Lipinski definition) is 5. The van der Waals surface area contributed by atoms with Crippen LogP contribution in [0.5, 0.6) is 0 Å². The van der Waals surface area contributed by atoms with Crippen molar-refractivity contribution in [1.82, 2.24) is 4.90 Å². The maximum Gasteiger partial charge on any atom is 0.417 e. The van der Waals surface area contributed by atoms with Gasteiger partial charge in [-0.15, -0.1) is 0 Å². The van der Waals surface area contributed by atoms with Crippen molar-refractivity contribution in [3.8, 4) is 0 Å². The van der Waals surface area contributed by atoms with Crippen LogP contribution in [0.3, 0.4) is 0 Å². The van der Waals surface area contributed by atoms with Crippen LogP contribution in [-0.4, -0.2) is 34.6 Å². The molecule has 148 valence electrons. The number of halogens is 1. The third-order valence-corrected chi connectivity index (χ3v) is 8.39. The summed E-state index contributed by atoms with van der Waals surface area (Å²) >= 11 is 3.20. The molecule has 0 aromatic heterocycles. The first-order valence-electron chi connectivity index (χ1n) is 8.60. The predicted molar refractivity (Wildman–Crippen MR) is 108 cm³/mol. The van der Waals surface area contributed by atoms with Gasteiger partial charge >= 0.3 is 6.09 Å². The van der Waals surface area contributed by atoms with E-state index in [2.05, 4.69) is 15.9 Å². The summed E-state index contributed by atoms with van der Waals surface area (Å²) in [6, 6.07) is 15.2. The van der Waals surface area contributed by atoms with Crippen LogP contribution in [0.25, 0.3) is 0 Å². The largest absolute Gasteiger partial charge is 0.443 e. The standard InChI is InChI=1S/C20H20BrNO5S/c1-19(2,3)27-18(24)22-16(14-10-6-4-7-11-14)20(21,17(22)23)28(25,26)15-12-8-5-9-13-15/h4-13,16H,1-3H3/t16-,20-/m0/s1. The molecule has 0 radical (unpaired) electrons. The first-order chi connectivity index (χ1) is 13.0. The van der Waals surface area contributed by atoms with Gasteiger partial charge in [-0.05, 0) is 38.5 Å². The summed E-state index contributed by atoms with van der Waals surface area (Å²) in [5.74, 6) is -0.876. The quantitative estimate of drug-likeness (QED) is 0.503. The number of imide groups is 1. The van der Waals surface area contributed by atoms with Gasteiger partial charge < -0.3 is 4.74 Å². The molecule has 2 amide bonds. The van der Waals surface area contributed by atoms with Crippen molar-refractivity contribution in [3.05, 3.63) is 66.2 Å². The molecule has 2 aromatic rings. The van der Waals surface area contributed by atoms with E-state index < -0.39 is 37.1 Å². The molecule has 2 atom stereocenters. The molecule has 2 aromatic carbocycles. The Balaban J connectivity index is 2.11. The van der Waals surface area contributed by atoms with E-state index in [1.54, 1.807) is 69.3 Å². The molecule has 1 heterocycles. The Bertz CT molecular complexity index is 1000. The number of likely N-dealkylation sites (tertiary alicyclic amines) is 1. The zero-order chi connectivity index (χ0) is 20.7. The lowest BCUT2D eigenvalue weighted by Crippen LogP contribution is -2.70. The van der Waals surface area contributed by atoms with Crippen molar-refractivity contribution in [2.45, 2.75) is 41.0 Å². The van der Waals surface area contributed by atoms with Gasteiger partial charge in [0.15, 0.2) is 0 Å². The van der Waals surface area contributed by atoms with Crippen molar-refractivity contribution in [2.24, 2.45) is 0 Å². The summed E-state index contributed by atoms with van der Waals surface area (Å²) < 4.78 is 30.0. The number of amides is 2. The van der Waals surface area contributed by atoms with Gasteiger partial charge in [-0.3, -0.25) is 4.79 Å². The molecule has 0 saturated carbocycles. The molecule has 1 aliphatic heterocycles. The number of ether oxygens (including phenoxy) is 1. The number of carbonyl (C=O) groups is 2. The minimum atomic E-state index is -4.14. The second kappa shape index (κ2) is 7.00. The highest BCUT2D eigenvalue weighted by Crippen LogP contribution is 2.54. The van der Waals surface area contributed by atoms with Crippen LogP contribution in [0, 0.1) is 0 Å². The van der Waals surface area contributed by atoms with Crippen molar-refractivity contribution >= 4 is 37.8 Å². The zero-order valence-electron chi connectivity index (χ0n) is 15.6. The van der Waals surface area contributed by atoms with Crippen LogP contribution in [0.4, 0.5) is 4.79 Å².